The van der Waals surface area contributed by atoms with Gasteiger partial charge in [0.05, 0.1) is 44.1 Å². The Morgan fingerprint density at radius 1 is 1.15 bits per heavy atom. The van der Waals surface area contributed by atoms with Crippen LogP contribution in [-0.2, 0) is 25.7 Å². The fraction of sp³-hybridized carbons (Fsp3) is 0.367. The minimum atomic E-state index is -0.621. The second-order valence-corrected chi connectivity index (χ2v) is 10.5. The lowest BCUT2D eigenvalue weighted by Crippen LogP contribution is -2.39. The summed E-state index contributed by atoms with van der Waals surface area (Å²) in [5.41, 5.74) is 3.29. The summed E-state index contributed by atoms with van der Waals surface area (Å²) in [6.45, 7) is 3.14. The zero-order valence-corrected chi connectivity index (χ0v) is 23.7. The highest BCUT2D eigenvalue weighted by Crippen LogP contribution is 2.47. The fourth-order valence-electron chi connectivity index (χ4n) is 5.03. The van der Waals surface area contributed by atoms with Gasteiger partial charge in [-0.25, -0.2) is 9.79 Å². The van der Waals surface area contributed by atoms with Gasteiger partial charge in [-0.15, -0.1) is 0 Å². The number of hydrogen-bond donors (Lipinski definition) is 1. The minimum Gasteiger partial charge on any atom is -0.497 e. The number of ether oxygens (including phenoxy) is 4. The Kier molecular flexibility index (Phi) is 8.76. The fourth-order valence-corrected chi connectivity index (χ4v) is 5.99. The van der Waals surface area contributed by atoms with E-state index in [4.69, 9.17) is 23.9 Å². The predicted octanol–water partition coefficient (Wildman–Crippen LogP) is 4.71. The van der Waals surface area contributed by atoms with E-state index in [0.717, 1.165) is 36.3 Å². The average molecular weight is 564 g/mol. The highest BCUT2D eigenvalue weighted by molar-refractivity contribution is 8.16. The number of carbonyl (C=O) groups excluding carboxylic acids is 2. The van der Waals surface area contributed by atoms with E-state index in [0.29, 0.717) is 34.5 Å². The molecule has 210 valence electrons. The summed E-state index contributed by atoms with van der Waals surface area (Å²) in [4.78, 5) is 33.4. The number of thioether (sulfide) groups is 1. The Labute approximate surface area is 238 Å². The first kappa shape index (κ1) is 27.8. The van der Waals surface area contributed by atoms with E-state index in [1.807, 2.05) is 52.8 Å². The first-order chi connectivity index (χ1) is 19.5. The summed E-state index contributed by atoms with van der Waals surface area (Å²) in [5.74, 6) is 0.569. The topological polar surface area (TPSA) is 98.7 Å². The van der Waals surface area contributed by atoms with Crippen LogP contribution in [0.2, 0.25) is 0 Å². The van der Waals surface area contributed by atoms with Crippen LogP contribution in [0.15, 0.2) is 75.9 Å². The van der Waals surface area contributed by atoms with E-state index >= 15 is 0 Å². The molecule has 0 saturated carbocycles. The summed E-state index contributed by atoms with van der Waals surface area (Å²) in [6, 6.07) is 14.4. The summed E-state index contributed by atoms with van der Waals surface area (Å²) < 4.78 is 22.6. The highest BCUT2D eigenvalue weighted by atomic mass is 32.2. The third-order valence-corrected chi connectivity index (χ3v) is 7.95. The number of rotatable bonds is 10. The van der Waals surface area contributed by atoms with E-state index in [-0.39, 0.29) is 25.0 Å². The Balaban J connectivity index is 1.45. The minimum absolute atomic E-state index is 0.0517. The van der Waals surface area contributed by atoms with Crippen LogP contribution in [-0.4, -0.2) is 55.4 Å². The van der Waals surface area contributed by atoms with E-state index in [2.05, 4.69) is 5.32 Å². The Morgan fingerprint density at radius 3 is 2.70 bits per heavy atom. The van der Waals surface area contributed by atoms with E-state index in [1.165, 1.54) is 11.8 Å². The molecule has 40 heavy (non-hydrogen) atoms. The van der Waals surface area contributed by atoms with Gasteiger partial charge in [-0.2, -0.15) is 0 Å². The Morgan fingerprint density at radius 2 is 1.98 bits per heavy atom. The highest BCUT2D eigenvalue weighted by Gasteiger charge is 2.42. The lowest BCUT2D eigenvalue weighted by atomic mass is 9.93. The molecule has 1 fully saturated rings. The molecule has 0 aliphatic carbocycles. The predicted molar refractivity (Wildman–Crippen MR) is 153 cm³/mol. The van der Waals surface area contributed by atoms with Gasteiger partial charge in [0.1, 0.15) is 18.1 Å². The van der Waals surface area contributed by atoms with Crippen molar-refractivity contribution in [2.24, 2.45) is 4.99 Å². The summed E-state index contributed by atoms with van der Waals surface area (Å²) in [5, 5.41) is 5.59. The molecule has 9 nitrogen and oxygen atoms in total. The molecule has 0 radical (unpaired) electrons. The van der Waals surface area contributed by atoms with Crippen molar-refractivity contribution >= 4 is 28.8 Å². The monoisotopic (exact) mass is 563 g/mol. The second kappa shape index (κ2) is 12.6. The van der Waals surface area contributed by atoms with Gasteiger partial charge in [-0.1, -0.05) is 42.1 Å². The number of allylic oxidation sites excluding steroid dienone is 1. The number of benzene rings is 2. The van der Waals surface area contributed by atoms with E-state index in [9.17, 15) is 9.59 Å². The molecule has 2 aromatic carbocycles. The van der Waals surface area contributed by atoms with Crippen LogP contribution in [0.25, 0.3) is 0 Å². The zero-order valence-electron chi connectivity index (χ0n) is 22.8. The van der Waals surface area contributed by atoms with Crippen LogP contribution in [0.3, 0.4) is 0 Å². The number of fused-ring (bicyclic) bond motifs is 1. The lowest BCUT2D eigenvalue weighted by molar-refractivity contribution is -0.141. The van der Waals surface area contributed by atoms with Crippen LogP contribution < -0.4 is 14.8 Å². The van der Waals surface area contributed by atoms with Gasteiger partial charge in [-0.3, -0.25) is 4.79 Å². The number of aliphatic imine (C=N–C) groups is 1. The number of methoxy groups -OCH3 is 2. The number of nitrogens with zero attached hydrogens (tertiary/aromatic N) is 2. The molecule has 0 aromatic heterocycles. The Hall–Kier alpha value is -3.76. The van der Waals surface area contributed by atoms with E-state index in [1.54, 1.807) is 27.2 Å². The van der Waals surface area contributed by atoms with Crippen molar-refractivity contribution in [3.05, 3.63) is 82.0 Å². The molecule has 0 bridgehead atoms. The number of carbonyl (C=O) groups is 2. The van der Waals surface area contributed by atoms with Crippen molar-refractivity contribution < 1.29 is 28.5 Å². The maximum Gasteiger partial charge on any atom is 0.338 e. The number of amides is 1. The largest absolute Gasteiger partial charge is 0.497 e. The van der Waals surface area contributed by atoms with Crippen LogP contribution in [0.4, 0.5) is 0 Å². The molecule has 0 spiro atoms. The van der Waals surface area contributed by atoms with Crippen molar-refractivity contribution in [3.8, 4) is 11.5 Å². The van der Waals surface area contributed by atoms with Gasteiger partial charge in [0.25, 0.3) is 0 Å². The molecule has 1 N–H and O–H groups in total. The van der Waals surface area contributed by atoms with Gasteiger partial charge in [0, 0.05) is 30.5 Å². The maximum absolute atomic E-state index is 13.7. The molecule has 3 aliphatic heterocycles. The quantitative estimate of drug-likeness (QED) is 0.415. The van der Waals surface area contributed by atoms with Crippen molar-refractivity contribution in [1.29, 1.82) is 0 Å². The molecule has 3 aliphatic rings. The van der Waals surface area contributed by atoms with Gasteiger partial charge in [-0.05, 0) is 42.9 Å². The first-order valence-electron chi connectivity index (χ1n) is 13.2. The van der Waals surface area contributed by atoms with Gasteiger partial charge in [0.2, 0.25) is 5.91 Å². The van der Waals surface area contributed by atoms with Crippen molar-refractivity contribution in [3.63, 3.8) is 0 Å². The molecule has 10 heteroatoms. The normalized spacial score (nSPS) is 20.0. The molecular formula is C30H33N3O6S. The standard InChI is InChI=1S/C30H33N3O6S/c1-19-27(29(35)39-17-20-8-5-4-6-9-20)28(24-12-11-22(36-2)15-25(24)37-3)33-21(18-40-30(33)32-19)14-26(34)31-16-23-10-7-13-38-23/h4-6,8-9,11-12,15,18,23,28H,7,10,13-14,16-17H2,1-3H3,(H,31,34)/t23-,28-/m0/s1. The molecule has 3 heterocycles. The molecule has 2 atom stereocenters. The number of hydrogen-bond acceptors (Lipinski definition) is 9. The smallest absolute Gasteiger partial charge is 0.338 e. The third-order valence-electron chi connectivity index (χ3n) is 7.06. The molecule has 1 amide bonds. The van der Waals surface area contributed by atoms with E-state index < -0.39 is 12.0 Å². The van der Waals surface area contributed by atoms with Gasteiger partial charge >= 0.3 is 5.97 Å². The molecule has 0 unspecified atom stereocenters. The zero-order chi connectivity index (χ0) is 28.1. The number of amidine groups is 1. The first-order valence-corrected chi connectivity index (χ1v) is 14.1. The molecule has 2 aromatic rings. The SMILES string of the molecule is COc1ccc([C@H]2C(C(=O)OCc3ccccc3)=C(C)N=C3SC=C(CC(=O)NC[C@@H]4CCCO4)N32)c(OC)c1. The summed E-state index contributed by atoms with van der Waals surface area (Å²) in [7, 11) is 3.16. The number of nitrogens with one attached hydrogen (secondary N) is 1. The van der Waals surface area contributed by atoms with Crippen LogP contribution in [0, 0.1) is 0 Å². The van der Waals surface area contributed by atoms with Gasteiger partial charge in [0.15, 0.2) is 5.17 Å². The summed E-state index contributed by atoms with van der Waals surface area (Å²) in [6.07, 6.45) is 2.13. The van der Waals surface area contributed by atoms with Crippen LogP contribution >= 0.6 is 11.8 Å². The summed E-state index contributed by atoms with van der Waals surface area (Å²) >= 11 is 1.42. The van der Waals surface area contributed by atoms with Gasteiger partial charge < -0.3 is 29.2 Å². The molecule has 5 rings (SSSR count). The van der Waals surface area contributed by atoms with Crippen LogP contribution in [0.1, 0.15) is 43.4 Å². The molecule has 1 saturated heterocycles. The Bertz CT molecular complexity index is 1350. The van der Waals surface area contributed by atoms with Crippen LogP contribution in [0.5, 0.6) is 11.5 Å². The average Bonchev–Trinajstić information content (AvgIpc) is 3.64. The third kappa shape index (κ3) is 6.03. The maximum atomic E-state index is 13.7. The van der Waals surface area contributed by atoms with Crippen molar-refractivity contribution in [2.45, 2.75) is 44.9 Å². The lowest BCUT2D eigenvalue weighted by Gasteiger charge is -2.36. The molecular weight excluding hydrogens is 530 g/mol. The number of esters is 1. The van der Waals surface area contributed by atoms with Crippen molar-refractivity contribution in [1.82, 2.24) is 10.2 Å². The second-order valence-electron chi connectivity index (χ2n) is 9.68. The van der Waals surface area contributed by atoms with Crippen molar-refractivity contribution in [2.75, 3.05) is 27.4 Å².